The lowest BCUT2D eigenvalue weighted by molar-refractivity contribution is -0.113. The number of thioether (sulfide) groups is 1. The Labute approximate surface area is 185 Å². The van der Waals surface area contributed by atoms with E-state index in [4.69, 9.17) is 31.5 Å². The molecule has 0 saturated carbocycles. The molecule has 1 amide bonds. The average molecular weight is 447 g/mol. The number of aliphatic imine (C=N–C) groups is 1. The number of amidine groups is 1. The van der Waals surface area contributed by atoms with Crippen LogP contribution in [0.25, 0.3) is 6.08 Å². The number of nitrogens with two attached hydrogens (primary N) is 1. The predicted octanol–water partition coefficient (Wildman–Crippen LogP) is 4.74. The van der Waals surface area contributed by atoms with E-state index in [1.807, 2.05) is 39.0 Å². The van der Waals surface area contributed by atoms with Crippen LogP contribution in [-0.2, 0) is 4.79 Å². The molecule has 2 aromatic rings. The monoisotopic (exact) mass is 446 g/mol. The van der Waals surface area contributed by atoms with Crippen LogP contribution in [0.3, 0.4) is 0 Å². The molecule has 6 nitrogen and oxygen atoms in total. The number of benzene rings is 2. The van der Waals surface area contributed by atoms with E-state index < -0.39 is 0 Å². The number of rotatable bonds is 8. The topological polar surface area (TPSA) is 83.1 Å². The fourth-order valence-electron chi connectivity index (χ4n) is 2.81. The first-order valence-corrected chi connectivity index (χ1v) is 10.6. The highest BCUT2D eigenvalue weighted by Gasteiger charge is 2.20. The van der Waals surface area contributed by atoms with Gasteiger partial charge in [-0.1, -0.05) is 23.7 Å². The molecule has 0 aliphatic carbocycles. The maximum Gasteiger partial charge on any atom is 0.286 e. The van der Waals surface area contributed by atoms with Crippen molar-refractivity contribution in [3.8, 4) is 17.2 Å². The maximum absolute atomic E-state index is 11.8. The van der Waals surface area contributed by atoms with Gasteiger partial charge in [-0.3, -0.25) is 4.79 Å². The van der Waals surface area contributed by atoms with Gasteiger partial charge >= 0.3 is 0 Å². The molecule has 0 fully saturated rings. The van der Waals surface area contributed by atoms with Gasteiger partial charge in [-0.05, 0) is 73.5 Å². The molecule has 1 aliphatic rings. The van der Waals surface area contributed by atoms with Gasteiger partial charge in [-0.25, -0.2) is 0 Å². The Morgan fingerprint density at radius 3 is 2.57 bits per heavy atom. The van der Waals surface area contributed by atoms with Crippen LogP contribution in [0.4, 0.5) is 0 Å². The summed E-state index contributed by atoms with van der Waals surface area (Å²) in [5.74, 6) is 1.40. The zero-order valence-corrected chi connectivity index (χ0v) is 18.6. The molecule has 0 aromatic heterocycles. The van der Waals surface area contributed by atoms with Crippen LogP contribution in [-0.4, -0.2) is 30.9 Å². The molecule has 2 aromatic carbocycles. The minimum Gasteiger partial charge on any atom is -0.490 e. The standard InChI is InChI=1S/C22H23ClN2O4S/c1-4-27-18-11-15(12-19-21(26)25-22(24)30-19)10-16(23)20(18)29-8-7-28-17-9-13(2)5-6-14(17)3/h5-6,9-12H,4,7-8H2,1-3H3,(H2,24,25,26)/b19-12+. The first-order chi connectivity index (χ1) is 14.4. The van der Waals surface area contributed by atoms with Crippen LogP contribution in [0.5, 0.6) is 17.2 Å². The van der Waals surface area contributed by atoms with Crippen LogP contribution in [0.2, 0.25) is 5.02 Å². The molecule has 30 heavy (non-hydrogen) atoms. The molecule has 2 N–H and O–H groups in total. The number of ether oxygens (including phenoxy) is 3. The second-order valence-electron chi connectivity index (χ2n) is 6.59. The van der Waals surface area contributed by atoms with Crippen molar-refractivity contribution in [2.45, 2.75) is 20.8 Å². The molecule has 3 rings (SSSR count). The Bertz CT molecular complexity index is 1020. The minimum absolute atomic E-state index is 0.228. The third-order valence-electron chi connectivity index (χ3n) is 4.20. The van der Waals surface area contributed by atoms with E-state index in [2.05, 4.69) is 4.99 Å². The lowest BCUT2D eigenvalue weighted by atomic mass is 10.1. The summed E-state index contributed by atoms with van der Waals surface area (Å²) in [5.41, 5.74) is 8.49. The largest absolute Gasteiger partial charge is 0.490 e. The lowest BCUT2D eigenvalue weighted by Crippen LogP contribution is -2.11. The molecule has 0 spiro atoms. The van der Waals surface area contributed by atoms with E-state index in [0.717, 1.165) is 28.6 Å². The van der Waals surface area contributed by atoms with E-state index in [1.165, 1.54) is 0 Å². The van der Waals surface area contributed by atoms with Crippen LogP contribution in [0.15, 0.2) is 40.2 Å². The van der Waals surface area contributed by atoms with Crippen LogP contribution >= 0.6 is 23.4 Å². The smallest absolute Gasteiger partial charge is 0.286 e. The molecular weight excluding hydrogens is 424 g/mol. The Hall–Kier alpha value is -2.64. The Kier molecular flexibility index (Phi) is 7.29. The van der Waals surface area contributed by atoms with Crippen LogP contribution < -0.4 is 19.9 Å². The van der Waals surface area contributed by atoms with Crippen molar-refractivity contribution in [3.63, 3.8) is 0 Å². The van der Waals surface area contributed by atoms with E-state index in [0.29, 0.717) is 46.8 Å². The van der Waals surface area contributed by atoms with Crippen molar-refractivity contribution >= 4 is 40.5 Å². The molecule has 1 heterocycles. The van der Waals surface area contributed by atoms with Crippen molar-refractivity contribution in [1.29, 1.82) is 0 Å². The second-order valence-corrected chi connectivity index (χ2v) is 8.06. The van der Waals surface area contributed by atoms with Crippen LogP contribution in [0.1, 0.15) is 23.6 Å². The van der Waals surface area contributed by atoms with Gasteiger partial charge in [-0.2, -0.15) is 4.99 Å². The minimum atomic E-state index is -0.365. The number of halogens is 1. The molecule has 0 unspecified atom stereocenters. The number of carbonyl (C=O) groups excluding carboxylic acids is 1. The lowest BCUT2D eigenvalue weighted by Gasteiger charge is -2.15. The third-order valence-corrected chi connectivity index (χ3v) is 5.29. The summed E-state index contributed by atoms with van der Waals surface area (Å²) in [5, 5.41) is 0.607. The van der Waals surface area contributed by atoms with Crippen molar-refractivity contribution in [3.05, 3.63) is 56.9 Å². The van der Waals surface area contributed by atoms with Gasteiger partial charge in [0.05, 0.1) is 16.5 Å². The van der Waals surface area contributed by atoms with E-state index >= 15 is 0 Å². The molecule has 8 heteroatoms. The fraction of sp³-hybridized carbons (Fsp3) is 0.273. The molecular formula is C22H23ClN2O4S. The first-order valence-electron chi connectivity index (χ1n) is 9.44. The zero-order valence-electron chi connectivity index (χ0n) is 17.0. The molecule has 0 saturated heterocycles. The summed E-state index contributed by atoms with van der Waals surface area (Å²) >= 11 is 7.56. The number of aryl methyl sites for hydroxylation is 2. The predicted molar refractivity (Wildman–Crippen MR) is 122 cm³/mol. The quantitative estimate of drug-likeness (QED) is 0.465. The molecule has 0 radical (unpaired) electrons. The number of hydrogen-bond donors (Lipinski definition) is 1. The van der Waals surface area contributed by atoms with Gasteiger partial charge in [0.25, 0.3) is 5.91 Å². The normalized spacial score (nSPS) is 14.7. The van der Waals surface area contributed by atoms with E-state index in [9.17, 15) is 4.79 Å². The second kappa shape index (κ2) is 9.91. The van der Waals surface area contributed by atoms with Crippen LogP contribution in [0, 0.1) is 13.8 Å². The number of amides is 1. The van der Waals surface area contributed by atoms with Gasteiger partial charge in [0.15, 0.2) is 16.7 Å². The number of carbonyl (C=O) groups is 1. The van der Waals surface area contributed by atoms with Gasteiger partial charge in [0.2, 0.25) is 0 Å². The molecule has 0 atom stereocenters. The van der Waals surface area contributed by atoms with Gasteiger partial charge < -0.3 is 19.9 Å². The average Bonchev–Trinajstić information content (AvgIpc) is 3.00. The van der Waals surface area contributed by atoms with Gasteiger partial charge in [-0.15, -0.1) is 0 Å². The summed E-state index contributed by atoms with van der Waals surface area (Å²) in [7, 11) is 0. The molecule has 0 bridgehead atoms. The number of nitrogens with zero attached hydrogens (tertiary/aromatic N) is 1. The molecule has 1 aliphatic heterocycles. The van der Waals surface area contributed by atoms with Crippen molar-refractivity contribution in [2.75, 3.05) is 19.8 Å². The van der Waals surface area contributed by atoms with E-state index in [-0.39, 0.29) is 11.1 Å². The Morgan fingerprint density at radius 2 is 1.87 bits per heavy atom. The maximum atomic E-state index is 11.8. The highest BCUT2D eigenvalue weighted by Crippen LogP contribution is 2.38. The highest BCUT2D eigenvalue weighted by atomic mass is 35.5. The van der Waals surface area contributed by atoms with Gasteiger partial charge in [0, 0.05) is 0 Å². The Balaban J connectivity index is 1.70. The van der Waals surface area contributed by atoms with Crippen molar-refractivity contribution < 1.29 is 19.0 Å². The summed E-state index contributed by atoms with van der Waals surface area (Å²) < 4.78 is 17.4. The number of hydrogen-bond acceptors (Lipinski definition) is 6. The fourth-order valence-corrected chi connectivity index (χ4v) is 3.76. The van der Waals surface area contributed by atoms with Crippen molar-refractivity contribution in [1.82, 2.24) is 0 Å². The Morgan fingerprint density at radius 1 is 1.10 bits per heavy atom. The highest BCUT2D eigenvalue weighted by molar-refractivity contribution is 8.18. The van der Waals surface area contributed by atoms with Gasteiger partial charge in [0.1, 0.15) is 19.0 Å². The summed E-state index contributed by atoms with van der Waals surface area (Å²) in [6.07, 6.45) is 1.68. The first kappa shape index (κ1) is 22.1. The third kappa shape index (κ3) is 5.49. The van der Waals surface area contributed by atoms with Crippen molar-refractivity contribution in [2.24, 2.45) is 10.7 Å². The van der Waals surface area contributed by atoms with E-state index in [1.54, 1.807) is 18.2 Å². The summed E-state index contributed by atoms with van der Waals surface area (Å²) in [6, 6.07) is 9.54. The summed E-state index contributed by atoms with van der Waals surface area (Å²) in [6.45, 7) is 6.99. The zero-order chi connectivity index (χ0) is 21.7. The SMILES string of the molecule is CCOc1cc(/C=C2/SC(N)=NC2=O)cc(Cl)c1OCCOc1cc(C)ccc1C. The summed E-state index contributed by atoms with van der Waals surface area (Å²) in [4.78, 5) is 16.0. The molecule has 158 valence electrons.